The van der Waals surface area contributed by atoms with E-state index in [-0.39, 0.29) is 11.2 Å². The Hall–Kier alpha value is -1.51. The molecule has 0 bridgehead atoms. The van der Waals surface area contributed by atoms with Gasteiger partial charge in [-0.3, -0.25) is 9.78 Å². The third kappa shape index (κ3) is 5.36. The van der Waals surface area contributed by atoms with Gasteiger partial charge in [0.1, 0.15) is 5.69 Å². The van der Waals surface area contributed by atoms with Crippen molar-refractivity contribution in [3.8, 4) is 0 Å². The number of H-pyrrole nitrogens is 1. The highest BCUT2D eigenvalue weighted by Crippen LogP contribution is 2.20. The summed E-state index contributed by atoms with van der Waals surface area (Å²) in [6, 6.07) is 2.27. The Morgan fingerprint density at radius 3 is 3.05 bits per heavy atom. The SMILES string of the molecule is CN(C)Cc1cc(CSCCNc2ncc(N)c(=O)[nH]2)cs1. The van der Waals surface area contributed by atoms with Gasteiger partial charge in [0.15, 0.2) is 0 Å². The lowest BCUT2D eigenvalue weighted by Crippen LogP contribution is -2.16. The number of hydrogen-bond acceptors (Lipinski definition) is 7. The molecule has 2 rings (SSSR count). The van der Waals surface area contributed by atoms with Crippen molar-refractivity contribution >= 4 is 34.7 Å². The quantitative estimate of drug-likeness (QED) is 0.636. The van der Waals surface area contributed by atoms with Gasteiger partial charge in [-0.1, -0.05) is 0 Å². The van der Waals surface area contributed by atoms with Gasteiger partial charge < -0.3 is 16.0 Å². The molecule has 0 atom stereocenters. The number of rotatable bonds is 8. The Kier molecular flexibility index (Phi) is 6.29. The van der Waals surface area contributed by atoms with Gasteiger partial charge in [-0.25, -0.2) is 4.98 Å². The predicted octanol–water partition coefficient (Wildman–Crippen LogP) is 1.82. The number of nitrogens with one attached hydrogen (secondary N) is 2. The molecule has 2 aromatic heterocycles. The van der Waals surface area contributed by atoms with Gasteiger partial charge in [0, 0.05) is 29.5 Å². The molecular weight excluding hydrogens is 318 g/mol. The van der Waals surface area contributed by atoms with Crippen molar-refractivity contribution in [3.63, 3.8) is 0 Å². The zero-order valence-electron chi connectivity index (χ0n) is 12.8. The van der Waals surface area contributed by atoms with Crippen molar-refractivity contribution in [1.29, 1.82) is 0 Å². The van der Waals surface area contributed by atoms with E-state index in [1.807, 2.05) is 23.1 Å². The molecule has 0 fully saturated rings. The zero-order chi connectivity index (χ0) is 15.9. The van der Waals surface area contributed by atoms with Gasteiger partial charge in [-0.05, 0) is 31.1 Å². The maximum absolute atomic E-state index is 11.3. The molecule has 4 N–H and O–H groups in total. The average Bonchev–Trinajstić information content (AvgIpc) is 2.89. The normalized spacial score (nSPS) is 11.0. The summed E-state index contributed by atoms with van der Waals surface area (Å²) < 4.78 is 0. The van der Waals surface area contributed by atoms with E-state index in [9.17, 15) is 4.79 Å². The fraction of sp³-hybridized carbons (Fsp3) is 0.429. The summed E-state index contributed by atoms with van der Waals surface area (Å²) in [5.74, 6) is 2.40. The smallest absolute Gasteiger partial charge is 0.275 e. The van der Waals surface area contributed by atoms with Crippen LogP contribution >= 0.6 is 23.1 Å². The largest absolute Gasteiger partial charge is 0.393 e. The molecule has 0 aromatic carbocycles. The minimum atomic E-state index is -0.308. The first-order valence-corrected chi connectivity index (χ1v) is 8.95. The molecule has 0 aliphatic heterocycles. The summed E-state index contributed by atoms with van der Waals surface area (Å²) in [7, 11) is 4.16. The highest BCUT2D eigenvalue weighted by atomic mass is 32.2. The van der Waals surface area contributed by atoms with Gasteiger partial charge in [0.25, 0.3) is 5.56 Å². The van der Waals surface area contributed by atoms with Crippen LogP contribution in [-0.4, -0.2) is 41.3 Å². The van der Waals surface area contributed by atoms with Crippen LogP contribution in [0.4, 0.5) is 11.6 Å². The summed E-state index contributed by atoms with van der Waals surface area (Å²) in [5, 5.41) is 5.30. The summed E-state index contributed by atoms with van der Waals surface area (Å²) >= 11 is 3.66. The molecule has 0 amide bonds. The van der Waals surface area contributed by atoms with Crippen LogP contribution in [0.15, 0.2) is 22.4 Å². The van der Waals surface area contributed by atoms with Crippen LogP contribution in [0.5, 0.6) is 0 Å². The second-order valence-corrected chi connectivity index (χ2v) is 7.26. The van der Waals surface area contributed by atoms with Crippen LogP contribution in [-0.2, 0) is 12.3 Å². The van der Waals surface area contributed by atoms with E-state index in [4.69, 9.17) is 5.73 Å². The Balaban J connectivity index is 1.67. The van der Waals surface area contributed by atoms with Crippen molar-refractivity contribution in [2.75, 3.05) is 37.4 Å². The topological polar surface area (TPSA) is 87.0 Å². The highest BCUT2D eigenvalue weighted by molar-refractivity contribution is 7.98. The second kappa shape index (κ2) is 8.21. The molecule has 120 valence electrons. The van der Waals surface area contributed by atoms with Crippen molar-refractivity contribution in [1.82, 2.24) is 14.9 Å². The molecule has 6 nitrogen and oxygen atoms in total. The molecule has 2 aromatic rings. The minimum Gasteiger partial charge on any atom is -0.393 e. The average molecular weight is 339 g/mol. The van der Waals surface area contributed by atoms with E-state index >= 15 is 0 Å². The summed E-state index contributed by atoms with van der Waals surface area (Å²) in [6.07, 6.45) is 1.37. The monoisotopic (exact) mass is 339 g/mol. The number of hydrogen-bond donors (Lipinski definition) is 3. The number of aromatic amines is 1. The molecule has 0 saturated carbocycles. The number of thiophene rings is 1. The zero-order valence-corrected chi connectivity index (χ0v) is 14.4. The Morgan fingerprint density at radius 2 is 2.32 bits per heavy atom. The van der Waals surface area contributed by atoms with Crippen LogP contribution < -0.4 is 16.6 Å². The highest BCUT2D eigenvalue weighted by Gasteiger charge is 2.02. The Labute approximate surface area is 138 Å². The lowest BCUT2D eigenvalue weighted by molar-refractivity contribution is 0.406. The molecule has 0 unspecified atom stereocenters. The number of aromatic nitrogens is 2. The molecule has 0 aliphatic carbocycles. The summed E-state index contributed by atoms with van der Waals surface area (Å²) in [4.78, 5) is 21.5. The molecule has 0 saturated heterocycles. The van der Waals surface area contributed by atoms with Gasteiger partial charge in [0.2, 0.25) is 5.95 Å². The first kappa shape index (κ1) is 16.9. The second-order valence-electron chi connectivity index (χ2n) is 5.15. The third-order valence-electron chi connectivity index (χ3n) is 2.81. The third-order valence-corrected chi connectivity index (χ3v) is 4.82. The number of nitrogens with zero attached hydrogens (tertiary/aromatic N) is 2. The van der Waals surface area contributed by atoms with Crippen LogP contribution in [0, 0.1) is 0 Å². The van der Waals surface area contributed by atoms with E-state index in [1.54, 1.807) is 0 Å². The fourth-order valence-corrected chi connectivity index (χ4v) is 3.73. The van der Waals surface area contributed by atoms with Gasteiger partial charge in [-0.2, -0.15) is 11.8 Å². The molecule has 2 heterocycles. The maximum atomic E-state index is 11.3. The van der Waals surface area contributed by atoms with Crippen molar-refractivity contribution in [2.45, 2.75) is 12.3 Å². The number of nitrogen functional groups attached to an aromatic ring is 1. The van der Waals surface area contributed by atoms with E-state index in [0.29, 0.717) is 5.95 Å². The lowest BCUT2D eigenvalue weighted by Gasteiger charge is -2.06. The summed E-state index contributed by atoms with van der Waals surface area (Å²) in [5.41, 5.74) is 6.61. The molecular formula is C14H21N5OS2. The fourth-order valence-electron chi connectivity index (χ4n) is 1.82. The maximum Gasteiger partial charge on any atom is 0.275 e. The van der Waals surface area contributed by atoms with Crippen LogP contribution in [0.2, 0.25) is 0 Å². The van der Waals surface area contributed by atoms with Crippen molar-refractivity contribution in [3.05, 3.63) is 38.4 Å². The number of nitrogens with two attached hydrogens (primary N) is 1. The predicted molar refractivity (Wildman–Crippen MR) is 95.6 cm³/mol. The van der Waals surface area contributed by atoms with Crippen molar-refractivity contribution < 1.29 is 0 Å². The Bertz CT molecular complexity index is 653. The molecule has 0 aliphatic rings. The van der Waals surface area contributed by atoms with Crippen LogP contribution in [0.1, 0.15) is 10.4 Å². The first-order chi connectivity index (χ1) is 10.5. The molecule has 0 radical (unpaired) electrons. The molecule has 22 heavy (non-hydrogen) atoms. The first-order valence-electron chi connectivity index (χ1n) is 6.92. The van der Waals surface area contributed by atoms with Gasteiger partial charge in [-0.15, -0.1) is 11.3 Å². The number of anilines is 2. The van der Waals surface area contributed by atoms with E-state index < -0.39 is 0 Å². The van der Waals surface area contributed by atoms with Gasteiger partial charge in [0.05, 0.1) is 6.20 Å². The van der Waals surface area contributed by atoms with Crippen LogP contribution in [0.25, 0.3) is 0 Å². The van der Waals surface area contributed by atoms with E-state index in [0.717, 1.165) is 24.6 Å². The number of thioether (sulfide) groups is 1. The molecule has 0 spiro atoms. The van der Waals surface area contributed by atoms with Crippen molar-refractivity contribution in [2.24, 2.45) is 0 Å². The van der Waals surface area contributed by atoms with Gasteiger partial charge >= 0.3 is 0 Å². The molecule has 8 heteroatoms. The standard InChI is InChI=1S/C14H21N5OS2/c1-19(2)7-11-5-10(9-22-11)8-21-4-3-16-14-17-6-12(15)13(20)18-14/h5-6,9H,3-4,7-8,15H2,1-2H3,(H2,16,17,18,20). The Morgan fingerprint density at radius 1 is 1.50 bits per heavy atom. The minimum absolute atomic E-state index is 0.130. The van der Waals surface area contributed by atoms with E-state index in [2.05, 4.69) is 45.7 Å². The lowest BCUT2D eigenvalue weighted by atomic mass is 10.3. The van der Waals surface area contributed by atoms with Crippen LogP contribution in [0.3, 0.4) is 0 Å². The van der Waals surface area contributed by atoms with E-state index in [1.165, 1.54) is 16.6 Å². The summed E-state index contributed by atoms with van der Waals surface area (Å²) in [6.45, 7) is 1.74.